The summed E-state index contributed by atoms with van der Waals surface area (Å²) in [4.78, 5) is 46.9. The van der Waals surface area contributed by atoms with Gasteiger partial charge in [0, 0.05) is 18.7 Å². The lowest BCUT2D eigenvalue weighted by molar-refractivity contribution is -0.141. The number of carbonyl (C=O) groups is 4. The lowest BCUT2D eigenvalue weighted by Crippen LogP contribution is -2.41. The molecule has 1 aliphatic heterocycles. The van der Waals surface area contributed by atoms with Crippen LogP contribution in [0.15, 0.2) is 0 Å². The maximum atomic E-state index is 11.6. The number of thioether (sulfide) groups is 1. The van der Waals surface area contributed by atoms with Crippen LogP contribution in [0.25, 0.3) is 0 Å². The molecule has 1 fully saturated rings. The van der Waals surface area contributed by atoms with Crippen LogP contribution in [0.4, 0.5) is 0 Å². The molecule has 1 unspecified atom stereocenters. The third-order valence-corrected chi connectivity index (χ3v) is 3.88. The number of esters is 1. The van der Waals surface area contributed by atoms with Crippen molar-refractivity contribution in [3.8, 4) is 0 Å². The second-order valence-electron chi connectivity index (χ2n) is 4.53. The molecular formula is C12H19N3O5S. The van der Waals surface area contributed by atoms with Gasteiger partial charge >= 0.3 is 5.97 Å². The molecule has 0 aromatic heterocycles. The second kappa shape index (κ2) is 8.63. The van der Waals surface area contributed by atoms with Gasteiger partial charge in [0.2, 0.25) is 17.7 Å². The van der Waals surface area contributed by atoms with E-state index in [-0.39, 0.29) is 24.0 Å². The van der Waals surface area contributed by atoms with Crippen LogP contribution in [-0.4, -0.2) is 66.3 Å². The monoisotopic (exact) mass is 317 g/mol. The Kier molecular flexibility index (Phi) is 7.17. The van der Waals surface area contributed by atoms with E-state index in [4.69, 9.17) is 5.73 Å². The minimum Gasteiger partial charge on any atom is -0.468 e. The zero-order chi connectivity index (χ0) is 15.8. The summed E-state index contributed by atoms with van der Waals surface area (Å²) in [6, 6.07) is -0.800. The lowest BCUT2D eigenvalue weighted by Gasteiger charge is -2.14. The smallest absolute Gasteiger partial charge is 0.323 e. The van der Waals surface area contributed by atoms with Crippen LogP contribution in [0, 0.1) is 0 Å². The third kappa shape index (κ3) is 6.13. The van der Waals surface area contributed by atoms with Crippen molar-refractivity contribution in [2.45, 2.75) is 18.9 Å². The van der Waals surface area contributed by atoms with Gasteiger partial charge in [-0.25, -0.2) is 0 Å². The first kappa shape index (κ1) is 17.4. The Morgan fingerprint density at radius 1 is 1.43 bits per heavy atom. The summed E-state index contributed by atoms with van der Waals surface area (Å²) >= 11 is 1.13. The largest absolute Gasteiger partial charge is 0.468 e. The number of likely N-dealkylation sites (tertiary alicyclic amines) is 1. The van der Waals surface area contributed by atoms with Crippen molar-refractivity contribution in [1.29, 1.82) is 0 Å². The molecule has 0 spiro atoms. The maximum absolute atomic E-state index is 11.6. The molecule has 1 saturated heterocycles. The summed E-state index contributed by atoms with van der Waals surface area (Å²) in [5.41, 5.74) is 5.50. The fourth-order valence-electron chi connectivity index (χ4n) is 1.77. The van der Waals surface area contributed by atoms with Crippen LogP contribution < -0.4 is 11.1 Å². The van der Waals surface area contributed by atoms with Crippen LogP contribution in [-0.2, 0) is 23.9 Å². The average Bonchev–Trinajstić information content (AvgIpc) is 2.82. The number of methoxy groups -OCH3 is 1. The van der Waals surface area contributed by atoms with Gasteiger partial charge in [0.15, 0.2) is 0 Å². The van der Waals surface area contributed by atoms with Gasteiger partial charge in [-0.1, -0.05) is 0 Å². The van der Waals surface area contributed by atoms with Crippen molar-refractivity contribution in [3.05, 3.63) is 0 Å². The number of rotatable bonds is 7. The molecule has 1 rings (SSSR count). The third-order valence-electron chi connectivity index (χ3n) is 2.82. The molecule has 21 heavy (non-hydrogen) atoms. The van der Waals surface area contributed by atoms with Crippen molar-refractivity contribution in [2.24, 2.45) is 5.73 Å². The van der Waals surface area contributed by atoms with Crippen molar-refractivity contribution in [3.63, 3.8) is 0 Å². The molecule has 0 saturated carbocycles. The molecular weight excluding hydrogens is 298 g/mol. The summed E-state index contributed by atoms with van der Waals surface area (Å²) in [5, 5.41) is 2.19. The zero-order valence-corrected chi connectivity index (χ0v) is 12.6. The van der Waals surface area contributed by atoms with E-state index in [9.17, 15) is 19.2 Å². The molecule has 0 aromatic carbocycles. The zero-order valence-electron chi connectivity index (χ0n) is 11.8. The van der Waals surface area contributed by atoms with E-state index in [0.29, 0.717) is 13.0 Å². The highest BCUT2D eigenvalue weighted by Crippen LogP contribution is 2.08. The van der Waals surface area contributed by atoms with Crippen LogP contribution in [0.2, 0.25) is 0 Å². The highest BCUT2D eigenvalue weighted by atomic mass is 32.2. The van der Waals surface area contributed by atoms with Crippen molar-refractivity contribution >= 4 is 35.5 Å². The fourth-order valence-corrected chi connectivity index (χ4v) is 2.54. The summed E-state index contributed by atoms with van der Waals surface area (Å²) in [6.07, 6.45) is 1.18. The second-order valence-corrected chi connectivity index (χ2v) is 5.57. The highest BCUT2D eigenvalue weighted by Gasteiger charge is 2.23. The highest BCUT2D eigenvalue weighted by molar-refractivity contribution is 8.00. The van der Waals surface area contributed by atoms with E-state index in [2.05, 4.69) is 10.1 Å². The van der Waals surface area contributed by atoms with E-state index in [1.807, 2.05) is 0 Å². The first-order chi connectivity index (χ1) is 9.93. The van der Waals surface area contributed by atoms with E-state index in [1.54, 1.807) is 0 Å². The normalized spacial score (nSPS) is 15.7. The average molecular weight is 317 g/mol. The Balaban J connectivity index is 2.19. The topological polar surface area (TPSA) is 119 Å². The number of carbonyl (C=O) groups excluding carboxylic acids is 4. The summed E-state index contributed by atoms with van der Waals surface area (Å²) in [7, 11) is 1.23. The molecule has 9 heteroatoms. The Labute approximate surface area is 126 Å². The van der Waals surface area contributed by atoms with Gasteiger partial charge < -0.3 is 15.4 Å². The Hall–Kier alpha value is -1.61. The van der Waals surface area contributed by atoms with Gasteiger partial charge in [-0.3, -0.25) is 24.5 Å². The standard InChI is InChI=1S/C12H19N3O5S/c1-20-12(19)8(13)6-21-7-10(17)14-9(16)5-15-4-2-3-11(15)18/h8H,2-7,13H2,1H3,(H,14,16,17). The molecule has 3 amide bonds. The molecule has 0 bridgehead atoms. The first-order valence-electron chi connectivity index (χ1n) is 6.45. The predicted molar refractivity (Wildman–Crippen MR) is 76.3 cm³/mol. The summed E-state index contributed by atoms with van der Waals surface area (Å²) in [5.74, 6) is -1.38. The SMILES string of the molecule is COC(=O)C(N)CSCC(=O)NC(=O)CN1CCCC1=O. The molecule has 1 heterocycles. The molecule has 0 aliphatic carbocycles. The number of nitrogens with two attached hydrogens (primary N) is 1. The predicted octanol–water partition coefficient (Wildman–Crippen LogP) is -1.51. The molecule has 1 atom stereocenters. The van der Waals surface area contributed by atoms with Crippen LogP contribution >= 0.6 is 11.8 Å². The number of nitrogens with one attached hydrogen (secondary N) is 1. The number of hydrogen-bond donors (Lipinski definition) is 2. The van der Waals surface area contributed by atoms with Crippen LogP contribution in [0.5, 0.6) is 0 Å². The minimum atomic E-state index is -0.800. The molecule has 0 radical (unpaired) electrons. The van der Waals surface area contributed by atoms with Gasteiger partial charge in [0.05, 0.1) is 19.4 Å². The molecule has 3 N–H and O–H groups in total. The van der Waals surface area contributed by atoms with Crippen molar-refractivity contribution < 1.29 is 23.9 Å². The number of nitrogens with zero attached hydrogens (tertiary/aromatic N) is 1. The molecule has 1 aliphatic rings. The number of hydrogen-bond acceptors (Lipinski definition) is 7. The van der Waals surface area contributed by atoms with E-state index < -0.39 is 23.8 Å². The van der Waals surface area contributed by atoms with Crippen LogP contribution in [0.3, 0.4) is 0 Å². The summed E-state index contributed by atoms with van der Waals surface area (Å²) < 4.78 is 4.45. The number of ether oxygens (including phenoxy) is 1. The van der Waals surface area contributed by atoms with Crippen molar-refractivity contribution in [1.82, 2.24) is 10.2 Å². The Bertz CT molecular complexity index is 429. The quantitative estimate of drug-likeness (QED) is 0.548. The minimum absolute atomic E-state index is 0.00435. The Morgan fingerprint density at radius 3 is 2.71 bits per heavy atom. The summed E-state index contributed by atoms with van der Waals surface area (Å²) in [6.45, 7) is 0.445. The number of imide groups is 1. The van der Waals surface area contributed by atoms with E-state index in [1.165, 1.54) is 12.0 Å². The van der Waals surface area contributed by atoms with Crippen molar-refractivity contribution in [2.75, 3.05) is 31.7 Å². The van der Waals surface area contributed by atoms with Gasteiger partial charge in [0.1, 0.15) is 6.04 Å². The Morgan fingerprint density at radius 2 is 2.14 bits per heavy atom. The maximum Gasteiger partial charge on any atom is 0.323 e. The molecule has 118 valence electrons. The molecule has 0 aromatic rings. The lowest BCUT2D eigenvalue weighted by atomic mass is 10.4. The molecule has 8 nitrogen and oxygen atoms in total. The van der Waals surface area contributed by atoms with E-state index in [0.717, 1.165) is 18.2 Å². The number of amides is 3. The van der Waals surface area contributed by atoms with Gasteiger partial charge in [0.25, 0.3) is 0 Å². The first-order valence-corrected chi connectivity index (χ1v) is 7.61. The van der Waals surface area contributed by atoms with E-state index >= 15 is 0 Å². The fraction of sp³-hybridized carbons (Fsp3) is 0.667. The van der Waals surface area contributed by atoms with Gasteiger partial charge in [-0.15, -0.1) is 11.8 Å². The van der Waals surface area contributed by atoms with Gasteiger partial charge in [-0.2, -0.15) is 0 Å². The van der Waals surface area contributed by atoms with Gasteiger partial charge in [-0.05, 0) is 6.42 Å². The van der Waals surface area contributed by atoms with Crippen LogP contribution in [0.1, 0.15) is 12.8 Å².